The zero-order valence-corrected chi connectivity index (χ0v) is 8.28. The number of hydrogen-bond acceptors (Lipinski definition) is 3. The summed E-state index contributed by atoms with van der Waals surface area (Å²) in [6.07, 6.45) is 4.71. The molecule has 76 valence electrons. The van der Waals surface area contributed by atoms with Crippen LogP contribution in [0.1, 0.15) is 13.3 Å². The fraction of sp³-hybridized carbons (Fsp3) is 0.364. The van der Waals surface area contributed by atoms with Gasteiger partial charge in [-0.3, -0.25) is 9.59 Å². The lowest BCUT2D eigenvalue weighted by molar-refractivity contribution is -0.125. The first-order valence-electron chi connectivity index (χ1n) is 4.71. The molecule has 15 heavy (non-hydrogen) atoms. The van der Waals surface area contributed by atoms with E-state index in [1.165, 1.54) is 0 Å². The van der Waals surface area contributed by atoms with Gasteiger partial charge in [-0.05, 0) is 19.4 Å². The highest BCUT2D eigenvalue weighted by Gasteiger charge is 2.50. The van der Waals surface area contributed by atoms with E-state index >= 15 is 0 Å². The van der Waals surface area contributed by atoms with Crippen molar-refractivity contribution in [3.05, 3.63) is 23.4 Å². The summed E-state index contributed by atoms with van der Waals surface area (Å²) >= 11 is 0. The van der Waals surface area contributed by atoms with Gasteiger partial charge in [0.15, 0.2) is 0 Å². The average Bonchev–Trinajstić information content (AvgIpc) is 2.51. The van der Waals surface area contributed by atoms with E-state index in [-0.39, 0.29) is 11.8 Å². The fourth-order valence-electron chi connectivity index (χ4n) is 2.02. The number of carbonyl (C=O) groups excluding carboxylic acids is 2. The highest BCUT2D eigenvalue weighted by Crippen LogP contribution is 2.42. The van der Waals surface area contributed by atoms with Crippen LogP contribution in [0.3, 0.4) is 0 Å². The van der Waals surface area contributed by atoms with Crippen LogP contribution in [0.2, 0.25) is 0 Å². The third-order valence-corrected chi connectivity index (χ3v) is 3.08. The molecule has 0 aromatic rings. The zero-order valence-electron chi connectivity index (χ0n) is 8.28. The van der Waals surface area contributed by atoms with Gasteiger partial charge >= 0.3 is 0 Å². The maximum atomic E-state index is 11.6. The summed E-state index contributed by atoms with van der Waals surface area (Å²) in [5.41, 5.74) is 0.244. The molecule has 2 rings (SSSR count). The number of hydrogen-bond donors (Lipinski definition) is 1. The number of aldehydes is 1. The molecule has 0 bridgehead atoms. The molecule has 0 aromatic heterocycles. The summed E-state index contributed by atoms with van der Waals surface area (Å²) in [6, 6.07) is 2.05. The van der Waals surface area contributed by atoms with E-state index in [4.69, 9.17) is 5.26 Å². The maximum Gasteiger partial charge on any atom is 0.245 e. The molecule has 4 heteroatoms. The summed E-state index contributed by atoms with van der Waals surface area (Å²) in [6.45, 7) is 1.63. The van der Waals surface area contributed by atoms with Gasteiger partial charge in [-0.2, -0.15) is 5.26 Å². The molecule has 2 atom stereocenters. The third kappa shape index (κ3) is 1.20. The summed E-state index contributed by atoms with van der Waals surface area (Å²) in [5, 5.41) is 11.7. The van der Waals surface area contributed by atoms with Crippen molar-refractivity contribution in [1.29, 1.82) is 5.26 Å². The second kappa shape index (κ2) is 3.06. The number of allylic oxidation sites excluding steroid dienone is 4. The van der Waals surface area contributed by atoms with Crippen molar-refractivity contribution in [3.8, 4) is 6.07 Å². The van der Waals surface area contributed by atoms with E-state index in [1.54, 1.807) is 19.1 Å². The smallest absolute Gasteiger partial charge is 0.245 e. The van der Waals surface area contributed by atoms with E-state index in [9.17, 15) is 9.59 Å². The molecule has 1 N–H and O–H groups in total. The molecule has 1 aliphatic carbocycles. The lowest BCUT2D eigenvalue weighted by Gasteiger charge is -2.21. The van der Waals surface area contributed by atoms with E-state index in [0.717, 1.165) is 6.29 Å². The molecular formula is C11H10N2O2. The summed E-state index contributed by atoms with van der Waals surface area (Å²) in [7, 11) is 0. The first kappa shape index (κ1) is 9.66. The third-order valence-electron chi connectivity index (χ3n) is 3.08. The number of fused-ring (bicyclic) bond motifs is 1. The van der Waals surface area contributed by atoms with Gasteiger partial charge in [-0.15, -0.1) is 0 Å². The number of carbonyl (C=O) groups is 2. The molecule has 0 aromatic carbocycles. The quantitative estimate of drug-likeness (QED) is 0.635. The van der Waals surface area contributed by atoms with E-state index in [0.29, 0.717) is 17.7 Å². The molecule has 1 fully saturated rings. The molecule has 1 amide bonds. The standard InChI is InChI=1S/C11H10N2O2/c1-11(6-12)8-3-2-7(5-14)4-9(8)13-10(11)15/h2,4-5,8H,3H2,1H3,(H,13,15). The van der Waals surface area contributed by atoms with Crippen LogP contribution in [0, 0.1) is 22.7 Å². The molecule has 1 heterocycles. The van der Waals surface area contributed by atoms with Gasteiger partial charge in [-0.25, -0.2) is 0 Å². The molecule has 2 aliphatic rings. The van der Waals surface area contributed by atoms with Crippen LogP contribution in [0.4, 0.5) is 0 Å². The highest BCUT2D eigenvalue weighted by molar-refractivity contribution is 5.92. The lowest BCUT2D eigenvalue weighted by atomic mass is 9.75. The Balaban J connectivity index is 2.41. The van der Waals surface area contributed by atoms with Gasteiger partial charge < -0.3 is 5.32 Å². The van der Waals surface area contributed by atoms with Gasteiger partial charge in [0.25, 0.3) is 0 Å². The molecule has 2 unspecified atom stereocenters. The number of amides is 1. The van der Waals surface area contributed by atoms with Gasteiger partial charge in [0.1, 0.15) is 11.7 Å². The van der Waals surface area contributed by atoms with Crippen molar-refractivity contribution in [1.82, 2.24) is 5.32 Å². The van der Waals surface area contributed by atoms with E-state index < -0.39 is 5.41 Å². The summed E-state index contributed by atoms with van der Waals surface area (Å²) in [4.78, 5) is 22.2. The Bertz CT molecular complexity index is 442. The first-order chi connectivity index (χ1) is 7.11. The number of nitrogens with zero attached hydrogens (tertiary/aromatic N) is 1. The van der Waals surface area contributed by atoms with Crippen molar-refractivity contribution < 1.29 is 9.59 Å². The van der Waals surface area contributed by atoms with Crippen LogP contribution in [0.5, 0.6) is 0 Å². The molecule has 0 saturated carbocycles. The minimum Gasteiger partial charge on any atom is -0.328 e. The fourth-order valence-corrected chi connectivity index (χ4v) is 2.02. The van der Waals surface area contributed by atoms with Crippen LogP contribution in [0.25, 0.3) is 0 Å². The summed E-state index contributed by atoms with van der Waals surface area (Å²) in [5.74, 6) is -0.416. The van der Waals surface area contributed by atoms with Crippen LogP contribution in [-0.4, -0.2) is 12.2 Å². The second-order valence-electron chi connectivity index (χ2n) is 3.98. The van der Waals surface area contributed by atoms with Crippen molar-refractivity contribution >= 4 is 12.2 Å². The Hall–Kier alpha value is -1.89. The SMILES string of the molecule is CC1(C#N)C(=O)NC2=CC(C=O)=CCC21. The number of rotatable bonds is 1. The predicted molar refractivity (Wildman–Crippen MR) is 52.2 cm³/mol. The predicted octanol–water partition coefficient (Wildman–Crippen LogP) is 0.675. The van der Waals surface area contributed by atoms with Crippen LogP contribution < -0.4 is 5.32 Å². The highest BCUT2D eigenvalue weighted by atomic mass is 16.2. The number of nitriles is 1. The Labute approximate surface area is 87.3 Å². The zero-order chi connectivity index (χ0) is 11.1. The van der Waals surface area contributed by atoms with Gasteiger partial charge in [0, 0.05) is 17.2 Å². The monoisotopic (exact) mass is 202 g/mol. The van der Waals surface area contributed by atoms with Crippen molar-refractivity contribution in [2.24, 2.45) is 11.3 Å². The average molecular weight is 202 g/mol. The molecule has 0 radical (unpaired) electrons. The molecule has 1 saturated heterocycles. The van der Waals surface area contributed by atoms with Crippen LogP contribution >= 0.6 is 0 Å². The molecule has 0 spiro atoms. The first-order valence-corrected chi connectivity index (χ1v) is 4.71. The van der Waals surface area contributed by atoms with Crippen molar-refractivity contribution in [3.63, 3.8) is 0 Å². The van der Waals surface area contributed by atoms with E-state index in [2.05, 4.69) is 11.4 Å². The minimum absolute atomic E-state index is 0.140. The van der Waals surface area contributed by atoms with Crippen molar-refractivity contribution in [2.75, 3.05) is 0 Å². The Morgan fingerprint density at radius 3 is 3.07 bits per heavy atom. The molecule has 1 aliphatic heterocycles. The van der Waals surface area contributed by atoms with Gasteiger partial charge in [0.2, 0.25) is 5.91 Å². The van der Waals surface area contributed by atoms with Crippen molar-refractivity contribution in [2.45, 2.75) is 13.3 Å². The van der Waals surface area contributed by atoms with E-state index in [1.807, 2.05) is 0 Å². The largest absolute Gasteiger partial charge is 0.328 e. The summed E-state index contributed by atoms with van der Waals surface area (Å²) < 4.78 is 0. The van der Waals surface area contributed by atoms with Gasteiger partial charge in [-0.1, -0.05) is 6.08 Å². The minimum atomic E-state index is -1.00. The Kier molecular flexibility index (Phi) is 1.97. The normalized spacial score (nSPS) is 33.3. The number of nitrogens with one attached hydrogen (secondary N) is 1. The Morgan fingerprint density at radius 2 is 2.47 bits per heavy atom. The Morgan fingerprint density at radius 1 is 1.73 bits per heavy atom. The lowest BCUT2D eigenvalue weighted by Crippen LogP contribution is -2.30. The molecule has 4 nitrogen and oxygen atoms in total. The van der Waals surface area contributed by atoms with Crippen LogP contribution in [-0.2, 0) is 9.59 Å². The molecular weight excluding hydrogens is 192 g/mol. The van der Waals surface area contributed by atoms with Crippen LogP contribution in [0.15, 0.2) is 23.4 Å². The maximum absolute atomic E-state index is 11.6. The second-order valence-corrected chi connectivity index (χ2v) is 3.98. The topological polar surface area (TPSA) is 70.0 Å². The van der Waals surface area contributed by atoms with Gasteiger partial charge in [0.05, 0.1) is 6.07 Å².